The second kappa shape index (κ2) is 9.63. The average Bonchev–Trinajstić information content (AvgIpc) is 3.08. The molecule has 6 nitrogen and oxygen atoms in total. The number of hydrogen-bond donors (Lipinski definition) is 1. The van der Waals surface area contributed by atoms with E-state index in [-0.39, 0.29) is 16.5 Å². The van der Waals surface area contributed by atoms with E-state index in [9.17, 15) is 18.0 Å². The number of carbonyl (C=O) groups excluding carboxylic acids is 1. The Bertz CT molecular complexity index is 1140. The summed E-state index contributed by atoms with van der Waals surface area (Å²) in [5, 5.41) is 1.84. The smallest absolute Gasteiger partial charge is 0.406 e. The minimum atomic E-state index is -4.76. The number of benzene rings is 1. The summed E-state index contributed by atoms with van der Waals surface area (Å²) in [6.07, 6.45) is -4.14. The summed E-state index contributed by atoms with van der Waals surface area (Å²) in [6.45, 7) is 2.65. The van der Waals surface area contributed by atoms with Gasteiger partial charge in [-0.2, -0.15) is 4.99 Å². The summed E-state index contributed by atoms with van der Waals surface area (Å²) in [7, 11) is 0. The third-order valence-corrected chi connectivity index (χ3v) is 5.33. The lowest BCUT2D eigenvalue weighted by atomic mass is 10.1. The fraction of sp³-hybridized carbons (Fsp3) is 0.250. The van der Waals surface area contributed by atoms with Crippen LogP contribution in [0.3, 0.4) is 0 Å². The lowest BCUT2D eigenvalue weighted by molar-refractivity contribution is -0.274. The van der Waals surface area contributed by atoms with Crippen molar-refractivity contribution in [3.05, 3.63) is 63.0 Å². The van der Waals surface area contributed by atoms with Crippen LogP contribution in [0.15, 0.2) is 46.8 Å². The van der Waals surface area contributed by atoms with Crippen LogP contribution in [0.4, 0.5) is 13.2 Å². The monoisotopic (exact) mass is 470 g/mol. The zero-order valence-corrected chi connectivity index (χ0v) is 17.9. The molecule has 1 aromatic carbocycles. The highest BCUT2D eigenvalue weighted by Gasteiger charge is 2.31. The molecular weight excluding hydrogens is 453 g/mol. The quantitative estimate of drug-likeness (QED) is 0.535. The molecule has 11 heteroatoms. The second-order valence-electron chi connectivity index (χ2n) is 6.48. The van der Waals surface area contributed by atoms with Gasteiger partial charge >= 0.3 is 6.36 Å². The predicted molar refractivity (Wildman–Crippen MR) is 112 cm³/mol. The van der Waals surface area contributed by atoms with E-state index in [1.54, 1.807) is 29.0 Å². The van der Waals surface area contributed by atoms with Crippen molar-refractivity contribution in [2.75, 3.05) is 6.54 Å². The molecule has 0 aliphatic rings. The highest BCUT2D eigenvalue weighted by molar-refractivity contribution is 7.07. The van der Waals surface area contributed by atoms with Crippen molar-refractivity contribution in [1.82, 2.24) is 9.55 Å². The molecule has 0 radical (unpaired) electrons. The maximum Gasteiger partial charge on any atom is 0.573 e. The Kier molecular flexibility index (Phi) is 7.14. The van der Waals surface area contributed by atoms with Gasteiger partial charge in [-0.3, -0.25) is 4.79 Å². The molecule has 0 saturated carbocycles. The van der Waals surface area contributed by atoms with Gasteiger partial charge in [-0.15, -0.1) is 24.5 Å². The molecule has 0 aliphatic carbocycles. The van der Waals surface area contributed by atoms with E-state index in [0.29, 0.717) is 41.3 Å². The molecule has 0 saturated heterocycles. The van der Waals surface area contributed by atoms with Crippen LogP contribution >= 0.6 is 22.9 Å². The van der Waals surface area contributed by atoms with Crippen LogP contribution in [0.1, 0.15) is 22.5 Å². The van der Waals surface area contributed by atoms with E-state index in [0.717, 1.165) is 0 Å². The highest BCUT2D eigenvalue weighted by Crippen LogP contribution is 2.27. The lowest BCUT2D eigenvalue weighted by Crippen LogP contribution is -2.20. The Morgan fingerprint density at radius 3 is 2.58 bits per heavy atom. The zero-order chi connectivity index (χ0) is 22.6. The molecular formula is C20H18ClF3N4O2S. The van der Waals surface area contributed by atoms with Gasteiger partial charge in [0.15, 0.2) is 4.80 Å². The number of nitrogens with two attached hydrogens (primary N) is 1. The number of rotatable bonds is 6. The minimum absolute atomic E-state index is 0.0688. The van der Waals surface area contributed by atoms with Gasteiger partial charge in [0.2, 0.25) is 0 Å². The van der Waals surface area contributed by atoms with Crippen LogP contribution in [-0.4, -0.2) is 28.4 Å². The highest BCUT2D eigenvalue weighted by atomic mass is 35.5. The van der Waals surface area contributed by atoms with Gasteiger partial charge in [-0.25, -0.2) is 4.98 Å². The molecule has 0 spiro atoms. The molecule has 2 aromatic heterocycles. The number of alkyl halides is 3. The van der Waals surface area contributed by atoms with E-state index < -0.39 is 12.3 Å². The maximum absolute atomic E-state index is 12.6. The molecule has 0 bridgehead atoms. The van der Waals surface area contributed by atoms with E-state index in [2.05, 4.69) is 14.7 Å². The molecule has 0 atom stereocenters. The summed E-state index contributed by atoms with van der Waals surface area (Å²) in [6, 6.07) is 8.71. The fourth-order valence-electron chi connectivity index (χ4n) is 2.77. The summed E-state index contributed by atoms with van der Waals surface area (Å²) in [5.41, 5.74) is 7.83. The third kappa shape index (κ3) is 5.93. The summed E-state index contributed by atoms with van der Waals surface area (Å²) in [5.74, 6) is -0.858. The van der Waals surface area contributed by atoms with Gasteiger partial charge in [-0.05, 0) is 61.9 Å². The largest absolute Gasteiger partial charge is 0.573 e. The number of aromatic nitrogens is 2. The van der Waals surface area contributed by atoms with Crippen molar-refractivity contribution in [3.8, 4) is 17.0 Å². The van der Waals surface area contributed by atoms with Crippen LogP contribution in [-0.2, 0) is 6.54 Å². The van der Waals surface area contributed by atoms with Crippen molar-refractivity contribution in [1.29, 1.82) is 0 Å². The number of hydrogen-bond acceptors (Lipinski definition) is 5. The van der Waals surface area contributed by atoms with Crippen LogP contribution in [0.2, 0.25) is 5.15 Å². The van der Waals surface area contributed by atoms with Gasteiger partial charge in [0.1, 0.15) is 10.9 Å². The molecule has 1 amide bonds. The zero-order valence-electron chi connectivity index (χ0n) is 16.3. The summed E-state index contributed by atoms with van der Waals surface area (Å²) >= 11 is 7.30. The molecule has 0 fully saturated rings. The standard InChI is InChI=1S/C20H18ClF3N4O2S/c1-12-3-8-15(17(21)26-12)18(29)27-19-28(10-2-9-25)16(11-31-19)13-4-6-14(7-5-13)30-20(22,23)24/h3-8,11H,2,9-10,25H2,1H3. The van der Waals surface area contributed by atoms with Gasteiger partial charge in [0.25, 0.3) is 5.91 Å². The van der Waals surface area contributed by atoms with Crippen LogP contribution in [0.5, 0.6) is 5.75 Å². The van der Waals surface area contributed by atoms with Crippen molar-refractivity contribution in [2.45, 2.75) is 26.3 Å². The molecule has 2 heterocycles. The number of halogens is 4. The first kappa shape index (κ1) is 23.0. The SMILES string of the molecule is Cc1ccc(C(=O)N=c2scc(-c3ccc(OC(F)(F)F)cc3)n2CCCN)c(Cl)n1. The maximum atomic E-state index is 12.6. The number of pyridine rings is 1. The Hall–Kier alpha value is -2.69. The van der Waals surface area contributed by atoms with E-state index >= 15 is 0 Å². The van der Waals surface area contributed by atoms with E-state index in [4.69, 9.17) is 17.3 Å². The molecule has 0 unspecified atom stereocenters. The van der Waals surface area contributed by atoms with Crippen molar-refractivity contribution in [3.63, 3.8) is 0 Å². The number of amides is 1. The number of nitrogens with zero attached hydrogens (tertiary/aromatic N) is 3. The Labute approximate surface area is 184 Å². The van der Waals surface area contributed by atoms with Gasteiger partial charge in [-0.1, -0.05) is 11.6 Å². The van der Waals surface area contributed by atoms with Gasteiger partial charge in [0.05, 0.1) is 11.3 Å². The molecule has 164 valence electrons. The van der Waals surface area contributed by atoms with Gasteiger partial charge < -0.3 is 15.0 Å². The predicted octanol–water partition coefficient (Wildman–Crippen LogP) is 4.56. The number of aryl methyl sites for hydroxylation is 1. The molecule has 31 heavy (non-hydrogen) atoms. The lowest BCUT2D eigenvalue weighted by Gasteiger charge is -2.11. The Morgan fingerprint density at radius 2 is 1.97 bits per heavy atom. The minimum Gasteiger partial charge on any atom is -0.406 e. The van der Waals surface area contributed by atoms with Crippen LogP contribution in [0, 0.1) is 6.92 Å². The molecule has 0 aliphatic heterocycles. The van der Waals surface area contributed by atoms with Crippen molar-refractivity contribution in [2.24, 2.45) is 10.7 Å². The topological polar surface area (TPSA) is 82.5 Å². The average molecular weight is 471 g/mol. The Morgan fingerprint density at radius 1 is 1.26 bits per heavy atom. The van der Waals surface area contributed by atoms with Gasteiger partial charge in [0, 0.05) is 17.6 Å². The molecule has 3 rings (SSSR count). The Balaban J connectivity index is 1.98. The van der Waals surface area contributed by atoms with E-state index in [1.165, 1.54) is 35.6 Å². The van der Waals surface area contributed by atoms with Crippen LogP contribution in [0.25, 0.3) is 11.3 Å². The normalized spacial score (nSPS) is 12.3. The summed E-state index contributed by atoms with van der Waals surface area (Å²) in [4.78, 5) is 21.3. The van der Waals surface area contributed by atoms with Crippen LogP contribution < -0.4 is 15.3 Å². The third-order valence-electron chi connectivity index (χ3n) is 4.18. The number of thiazole rings is 1. The van der Waals surface area contributed by atoms with E-state index in [1.807, 2.05) is 0 Å². The van der Waals surface area contributed by atoms with Crippen molar-refractivity contribution >= 4 is 28.8 Å². The molecule has 3 aromatic rings. The number of ether oxygens (including phenoxy) is 1. The van der Waals surface area contributed by atoms with Crippen molar-refractivity contribution < 1.29 is 22.7 Å². The first-order chi connectivity index (χ1) is 14.7. The fourth-order valence-corrected chi connectivity index (χ4v) is 3.98. The molecule has 2 N–H and O–H groups in total. The summed E-state index contributed by atoms with van der Waals surface area (Å²) < 4.78 is 42.9. The second-order valence-corrected chi connectivity index (χ2v) is 7.67. The first-order valence-corrected chi connectivity index (χ1v) is 10.4. The first-order valence-electron chi connectivity index (χ1n) is 9.14. The number of carbonyl (C=O) groups is 1.